The van der Waals surface area contributed by atoms with E-state index in [2.05, 4.69) is 0 Å². The largest absolute Gasteiger partial charge is 0.643 e. The van der Waals surface area contributed by atoms with Gasteiger partial charge < -0.3 is 0 Å². The molecule has 0 saturated heterocycles. The Morgan fingerprint density at radius 1 is 1.10 bits per heavy atom. The SMILES string of the molecule is O=S(=O)(O)O.[Cl][Al]([Cl])[Cl].[Fe]. The maximum atomic E-state index is 8.74. The Morgan fingerprint density at radius 3 is 1.10 bits per heavy atom. The average molecular weight is 287 g/mol. The first-order chi connectivity index (χ1) is 3.73. The van der Waals surface area contributed by atoms with Crippen LogP contribution in [0.1, 0.15) is 0 Å². The van der Waals surface area contributed by atoms with Crippen LogP contribution in [0.2, 0.25) is 0 Å². The zero-order chi connectivity index (χ0) is 8.08. The van der Waals surface area contributed by atoms with Gasteiger partial charge in [-0.05, 0) is 0 Å². The van der Waals surface area contributed by atoms with E-state index in [0.717, 1.165) is 0 Å². The summed E-state index contributed by atoms with van der Waals surface area (Å²) in [6, 6.07) is 0. The van der Waals surface area contributed by atoms with E-state index in [1.807, 2.05) is 0 Å². The topological polar surface area (TPSA) is 74.6 Å². The number of hydrogen-bond acceptors (Lipinski definition) is 2. The fourth-order valence-corrected chi connectivity index (χ4v) is 0. The van der Waals surface area contributed by atoms with Crippen molar-refractivity contribution in [1.82, 2.24) is 0 Å². The zero-order valence-corrected chi connectivity index (χ0v) is 9.53. The van der Waals surface area contributed by atoms with Gasteiger partial charge in [-0.25, -0.2) is 30.1 Å². The summed E-state index contributed by atoms with van der Waals surface area (Å²) in [5, 5.41) is 0. The van der Waals surface area contributed by atoms with Crippen molar-refractivity contribution >= 4 is 51.9 Å². The number of hydrogen-bond donors (Lipinski definition) is 2. The first-order valence-electron chi connectivity index (χ1n) is 1.35. The smallest absolute Gasteiger partial charge is 0.264 e. The van der Waals surface area contributed by atoms with Crippen LogP contribution in [0.25, 0.3) is 0 Å². The summed E-state index contributed by atoms with van der Waals surface area (Å²) in [7, 11) is 10.2. The second-order valence-corrected chi connectivity index (χ2v) is 8.02. The third-order valence-corrected chi connectivity index (χ3v) is 0. The Kier molecular flexibility index (Phi) is 15.8. The minimum Gasteiger partial charge on any atom is -0.264 e. The molecule has 0 aromatic carbocycles. The Balaban J connectivity index is -0.0000000910. The van der Waals surface area contributed by atoms with Crippen molar-refractivity contribution in [3.8, 4) is 0 Å². The van der Waals surface area contributed by atoms with Gasteiger partial charge in [0.2, 0.25) is 0 Å². The molecule has 10 heavy (non-hydrogen) atoms. The molecule has 2 N–H and O–H groups in total. The molecule has 0 aromatic heterocycles. The predicted molar refractivity (Wildman–Crippen MR) is 37.5 cm³/mol. The van der Waals surface area contributed by atoms with Gasteiger partial charge in [-0.1, -0.05) is 0 Å². The van der Waals surface area contributed by atoms with Crippen LogP contribution < -0.4 is 0 Å². The van der Waals surface area contributed by atoms with E-state index in [0.29, 0.717) is 0 Å². The Morgan fingerprint density at radius 2 is 1.10 bits per heavy atom. The summed E-state index contributed by atoms with van der Waals surface area (Å²) >= 11 is -1.72. The quantitative estimate of drug-likeness (QED) is 0.515. The van der Waals surface area contributed by atoms with Gasteiger partial charge in [0.05, 0.1) is 0 Å². The van der Waals surface area contributed by atoms with Crippen molar-refractivity contribution in [3.05, 3.63) is 0 Å². The molecule has 0 unspecified atom stereocenters. The van der Waals surface area contributed by atoms with Crippen LogP contribution in [0.5, 0.6) is 0 Å². The summed E-state index contributed by atoms with van der Waals surface area (Å²) < 4.78 is 31.6. The number of halogens is 3. The van der Waals surface area contributed by atoms with Crippen molar-refractivity contribution in [2.24, 2.45) is 0 Å². The van der Waals surface area contributed by atoms with Gasteiger partial charge in [-0.15, -0.1) is 0 Å². The monoisotopic (exact) mass is 286 g/mol. The van der Waals surface area contributed by atoms with Crippen LogP contribution in [0, 0.1) is 0 Å². The van der Waals surface area contributed by atoms with Crippen LogP contribution in [-0.2, 0) is 27.5 Å². The molecule has 0 saturated carbocycles. The fraction of sp³-hybridized carbons (Fsp3) is 0. The van der Waals surface area contributed by atoms with E-state index in [1.54, 1.807) is 0 Å². The molecule has 0 heterocycles. The van der Waals surface area contributed by atoms with Gasteiger partial charge in [0, 0.05) is 17.1 Å². The molecule has 10 heteroatoms. The molecule has 0 fully saturated rings. The number of rotatable bonds is 0. The first-order valence-corrected chi connectivity index (χ1v) is 7.99. The molecule has 4 nitrogen and oxygen atoms in total. The first kappa shape index (κ1) is 17.8. The Hall–Kier alpha value is 1.79. The summed E-state index contributed by atoms with van der Waals surface area (Å²) in [6.07, 6.45) is 0. The van der Waals surface area contributed by atoms with Gasteiger partial charge in [0.15, 0.2) is 0 Å². The van der Waals surface area contributed by atoms with Gasteiger partial charge in [0.1, 0.15) is 0 Å². The minimum absolute atomic E-state index is 0. The third-order valence-electron chi connectivity index (χ3n) is 0. The molecule has 0 bridgehead atoms. The molecule has 0 radical (unpaired) electrons. The molecule has 0 aromatic rings. The summed E-state index contributed by atoms with van der Waals surface area (Å²) in [6.45, 7) is 0. The Bertz CT molecular complexity index is 132. The van der Waals surface area contributed by atoms with Crippen LogP contribution >= 0.6 is 30.1 Å². The second kappa shape index (κ2) is 8.88. The van der Waals surface area contributed by atoms with Crippen LogP contribution in [0.3, 0.4) is 0 Å². The molecule has 0 amide bonds. The molecule has 0 aliphatic carbocycles. The molecule has 0 rings (SSSR count). The van der Waals surface area contributed by atoms with Crippen LogP contribution in [-0.4, -0.2) is 28.9 Å². The van der Waals surface area contributed by atoms with Gasteiger partial charge in [-0.3, -0.25) is 9.11 Å². The van der Waals surface area contributed by atoms with E-state index in [4.69, 9.17) is 47.7 Å². The van der Waals surface area contributed by atoms with Crippen molar-refractivity contribution in [3.63, 3.8) is 0 Å². The molecule has 0 aliphatic rings. The molecular weight excluding hydrogens is 285 g/mol. The predicted octanol–water partition coefficient (Wildman–Crippen LogP) is 1.03. The molecule has 0 aliphatic heterocycles. The van der Waals surface area contributed by atoms with E-state index < -0.39 is 21.8 Å². The molecule has 0 atom stereocenters. The summed E-state index contributed by atoms with van der Waals surface area (Å²) in [5.74, 6) is 0. The van der Waals surface area contributed by atoms with Gasteiger partial charge in [0.25, 0.3) is 0 Å². The second-order valence-electron chi connectivity index (χ2n) is 0.695. The van der Waals surface area contributed by atoms with Crippen LogP contribution in [0.15, 0.2) is 0 Å². The van der Waals surface area contributed by atoms with E-state index >= 15 is 0 Å². The summed E-state index contributed by atoms with van der Waals surface area (Å²) in [4.78, 5) is 0. The van der Waals surface area contributed by atoms with Crippen molar-refractivity contribution in [2.45, 2.75) is 0 Å². The van der Waals surface area contributed by atoms with Crippen molar-refractivity contribution in [1.29, 1.82) is 0 Å². The summed E-state index contributed by atoms with van der Waals surface area (Å²) in [5.41, 5.74) is 0. The van der Waals surface area contributed by atoms with Gasteiger partial charge in [-0.2, -0.15) is 8.42 Å². The molecular formula is H2AlCl3FeO4S. The van der Waals surface area contributed by atoms with Crippen molar-refractivity contribution < 1.29 is 34.6 Å². The maximum absolute atomic E-state index is 8.74. The normalized spacial score (nSPS) is 8.50. The van der Waals surface area contributed by atoms with Gasteiger partial charge >= 0.3 is 21.8 Å². The fourth-order valence-electron chi connectivity index (χ4n) is 0. The van der Waals surface area contributed by atoms with E-state index in [1.165, 1.54) is 0 Å². The van der Waals surface area contributed by atoms with Crippen LogP contribution in [0.4, 0.5) is 0 Å². The standard InChI is InChI=1S/Al.3ClH.Fe.H2O4S/c;;;;;1-5(2,3)4/h;3*1H;;(H2,1,2,3,4)/q+3;;;;;/p-3. The maximum Gasteiger partial charge on any atom is 0.643 e. The zero-order valence-electron chi connectivity index (χ0n) is 4.18. The molecule has 0 spiro atoms. The molecule has 64 valence electrons. The third kappa shape index (κ3) is 236. The van der Waals surface area contributed by atoms with Crippen molar-refractivity contribution in [2.75, 3.05) is 0 Å². The minimum atomic E-state index is -4.67. The average Bonchev–Trinajstić information content (AvgIpc) is 1.19. The van der Waals surface area contributed by atoms with E-state index in [-0.39, 0.29) is 17.1 Å². The van der Waals surface area contributed by atoms with E-state index in [9.17, 15) is 0 Å². The Labute approximate surface area is 85.9 Å².